The van der Waals surface area contributed by atoms with Gasteiger partial charge in [-0.05, 0) is 44.7 Å². The van der Waals surface area contributed by atoms with Gasteiger partial charge in [-0.15, -0.1) is 0 Å². The highest BCUT2D eigenvalue weighted by Crippen LogP contribution is 2.27. The molecule has 0 bridgehead atoms. The predicted molar refractivity (Wildman–Crippen MR) is 111 cm³/mol. The molecule has 0 saturated carbocycles. The largest absolute Gasteiger partial charge is 0.316 e. The molecule has 4 rings (SSSR count). The van der Waals surface area contributed by atoms with Crippen LogP contribution in [0.25, 0.3) is 16.7 Å². The number of carbonyl (C=O) groups is 1. The summed E-state index contributed by atoms with van der Waals surface area (Å²) in [5.74, 6) is 0.483. The maximum absolute atomic E-state index is 12.8. The molecule has 0 N–H and O–H groups in total. The topological polar surface area (TPSA) is 63.9 Å². The van der Waals surface area contributed by atoms with Crippen LogP contribution in [0.4, 0.5) is 0 Å². The number of thioether (sulfide) groups is 1. The fourth-order valence-corrected chi connectivity index (χ4v) is 4.35. The van der Waals surface area contributed by atoms with E-state index in [0.29, 0.717) is 12.3 Å². The fourth-order valence-electron chi connectivity index (χ4n) is 3.51. The van der Waals surface area contributed by atoms with Gasteiger partial charge >= 0.3 is 0 Å². The van der Waals surface area contributed by atoms with Crippen molar-refractivity contribution in [2.24, 2.45) is 0 Å². The monoisotopic (exact) mass is 393 g/mol. The molecule has 1 aliphatic rings. The van der Waals surface area contributed by atoms with Crippen molar-refractivity contribution >= 4 is 28.7 Å². The lowest BCUT2D eigenvalue weighted by Gasteiger charge is -2.26. The molecule has 2 aromatic heterocycles. The first kappa shape index (κ1) is 18.7. The van der Waals surface area contributed by atoms with Crippen molar-refractivity contribution in [3.8, 4) is 5.69 Å². The molecular formula is C21H23N5OS. The molecule has 6 nitrogen and oxygen atoms in total. The molecular weight excluding hydrogens is 370 g/mol. The van der Waals surface area contributed by atoms with E-state index in [4.69, 9.17) is 0 Å². The Labute approximate surface area is 168 Å². The number of hydrogen-bond acceptors (Lipinski definition) is 5. The second-order valence-corrected chi connectivity index (χ2v) is 7.64. The Bertz CT molecular complexity index is 998. The van der Waals surface area contributed by atoms with Crippen LogP contribution in [0.1, 0.15) is 32.6 Å². The van der Waals surface area contributed by atoms with Gasteiger partial charge in [0.1, 0.15) is 11.4 Å². The van der Waals surface area contributed by atoms with Crippen LogP contribution >= 0.6 is 11.8 Å². The van der Waals surface area contributed by atoms with E-state index in [0.717, 1.165) is 41.0 Å². The molecule has 0 fully saturated rings. The smallest absolute Gasteiger partial charge is 0.237 e. The van der Waals surface area contributed by atoms with Gasteiger partial charge in [0.25, 0.3) is 0 Å². The first-order valence-electron chi connectivity index (χ1n) is 9.64. The zero-order valence-electron chi connectivity index (χ0n) is 15.9. The Kier molecular flexibility index (Phi) is 5.71. The number of benzene rings is 1. The first-order chi connectivity index (χ1) is 13.8. The number of fused-ring (bicyclic) bond motifs is 1. The van der Waals surface area contributed by atoms with Gasteiger partial charge in [-0.25, -0.2) is 14.6 Å². The van der Waals surface area contributed by atoms with Crippen LogP contribution in [0.3, 0.4) is 0 Å². The van der Waals surface area contributed by atoms with Gasteiger partial charge in [0, 0.05) is 12.2 Å². The van der Waals surface area contributed by atoms with Crippen LogP contribution in [-0.2, 0) is 4.79 Å². The first-order valence-corrected chi connectivity index (χ1v) is 10.6. The summed E-state index contributed by atoms with van der Waals surface area (Å²) in [6, 6.07) is 9.89. The van der Waals surface area contributed by atoms with Gasteiger partial charge in [-0.1, -0.05) is 36.0 Å². The average Bonchev–Trinajstić information content (AvgIpc) is 3.19. The Morgan fingerprint density at radius 3 is 2.82 bits per heavy atom. The number of para-hydroxylation sites is 1. The third-order valence-electron chi connectivity index (χ3n) is 4.89. The summed E-state index contributed by atoms with van der Waals surface area (Å²) in [6.07, 6.45) is 9.96. The molecule has 1 aliphatic carbocycles. The van der Waals surface area contributed by atoms with Gasteiger partial charge in [-0.2, -0.15) is 5.10 Å². The molecule has 28 heavy (non-hydrogen) atoms. The molecule has 7 heteroatoms. The molecule has 0 atom stereocenters. The normalized spacial score (nSPS) is 14.1. The Hall–Kier alpha value is -2.67. The maximum Gasteiger partial charge on any atom is 0.237 e. The summed E-state index contributed by atoms with van der Waals surface area (Å²) in [5, 5.41) is 6.13. The molecule has 0 unspecified atom stereocenters. The molecule has 1 aromatic carbocycles. The van der Waals surface area contributed by atoms with Crippen LogP contribution in [-0.4, -0.2) is 42.9 Å². The van der Waals surface area contributed by atoms with E-state index in [1.54, 1.807) is 10.9 Å². The third-order valence-corrected chi connectivity index (χ3v) is 5.88. The van der Waals surface area contributed by atoms with Gasteiger partial charge in [0.2, 0.25) is 5.91 Å². The number of aromatic nitrogens is 4. The second-order valence-electron chi connectivity index (χ2n) is 6.68. The van der Waals surface area contributed by atoms with E-state index in [1.165, 1.54) is 30.2 Å². The van der Waals surface area contributed by atoms with Crippen molar-refractivity contribution < 1.29 is 4.79 Å². The summed E-state index contributed by atoms with van der Waals surface area (Å²) < 4.78 is 1.80. The molecule has 3 aromatic rings. The lowest BCUT2D eigenvalue weighted by atomic mass is 10.0. The lowest BCUT2D eigenvalue weighted by molar-refractivity contribution is -0.126. The van der Waals surface area contributed by atoms with Crippen LogP contribution < -0.4 is 0 Å². The number of carbonyl (C=O) groups excluding carboxylic acids is 1. The number of hydrogen-bond donors (Lipinski definition) is 0. The molecule has 0 radical (unpaired) electrons. The number of rotatable bonds is 6. The van der Waals surface area contributed by atoms with E-state index in [1.807, 2.05) is 42.2 Å². The molecule has 0 aliphatic heterocycles. The predicted octanol–water partition coefficient (Wildman–Crippen LogP) is 4.21. The SMILES string of the molecule is CCN(C(=O)CSc1ncnc2c1cnn2-c1ccccc1)C1=CCCCC1. The number of nitrogens with zero attached hydrogens (tertiary/aromatic N) is 5. The molecule has 144 valence electrons. The Balaban J connectivity index is 1.53. The van der Waals surface area contributed by atoms with Crippen molar-refractivity contribution in [2.45, 2.75) is 37.6 Å². The highest BCUT2D eigenvalue weighted by molar-refractivity contribution is 8.00. The zero-order chi connectivity index (χ0) is 19.3. The van der Waals surface area contributed by atoms with E-state index < -0.39 is 0 Å². The van der Waals surface area contributed by atoms with Crippen LogP contribution in [0.2, 0.25) is 0 Å². The molecule has 0 spiro atoms. The van der Waals surface area contributed by atoms with E-state index in [2.05, 4.69) is 21.1 Å². The summed E-state index contributed by atoms with van der Waals surface area (Å²) in [5.41, 5.74) is 2.87. The summed E-state index contributed by atoms with van der Waals surface area (Å²) in [6.45, 7) is 2.74. The van der Waals surface area contributed by atoms with Crippen molar-refractivity contribution in [3.05, 3.63) is 54.6 Å². The second kappa shape index (κ2) is 8.56. The molecule has 2 heterocycles. The fraction of sp³-hybridized carbons (Fsp3) is 0.333. The highest BCUT2D eigenvalue weighted by Gasteiger charge is 2.19. The maximum atomic E-state index is 12.8. The lowest BCUT2D eigenvalue weighted by Crippen LogP contribution is -2.32. The van der Waals surface area contributed by atoms with Gasteiger partial charge in [-0.3, -0.25) is 4.79 Å². The third kappa shape index (κ3) is 3.80. The van der Waals surface area contributed by atoms with Crippen LogP contribution in [0.5, 0.6) is 0 Å². The Morgan fingerprint density at radius 1 is 1.21 bits per heavy atom. The quantitative estimate of drug-likeness (QED) is 0.464. The van der Waals surface area contributed by atoms with Crippen molar-refractivity contribution in [1.29, 1.82) is 0 Å². The van der Waals surface area contributed by atoms with Crippen LogP contribution in [0, 0.1) is 0 Å². The minimum atomic E-state index is 0.128. The average molecular weight is 394 g/mol. The molecule has 0 saturated heterocycles. The van der Waals surface area contributed by atoms with Crippen LogP contribution in [0.15, 0.2) is 59.7 Å². The number of allylic oxidation sites excluding steroid dienone is 2. The van der Waals surface area contributed by atoms with E-state index in [-0.39, 0.29) is 5.91 Å². The van der Waals surface area contributed by atoms with Gasteiger partial charge in [0.05, 0.1) is 23.0 Å². The number of amides is 1. The van der Waals surface area contributed by atoms with E-state index >= 15 is 0 Å². The Morgan fingerprint density at radius 2 is 2.07 bits per heavy atom. The minimum absolute atomic E-state index is 0.128. The molecule has 1 amide bonds. The zero-order valence-corrected chi connectivity index (χ0v) is 16.7. The highest BCUT2D eigenvalue weighted by atomic mass is 32.2. The standard InChI is InChI=1S/C21H23N5OS/c1-2-25(16-9-5-3-6-10-16)19(27)14-28-21-18-13-24-26(20(18)22-15-23-21)17-11-7-4-8-12-17/h4,7-9,11-13,15H,2-3,5-6,10,14H2,1H3. The van der Waals surface area contributed by atoms with Crippen molar-refractivity contribution in [3.63, 3.8) is 0 Å². The van der Waals surface area contributed by atoms with Gasteiger partial charge < -0.3 is 4.90 Å². The van der Waals surface area contributed by atoms with Gasteiger partial charge in [0.15, 0.2) is 5.65 Å². The summed E-state index contributed by atoms with van der Waals surface area (Å²) >= 11 is 1.45. The minimum Gasteiger partial charge on any atom is -0.316 e. The summed E-state index contributed by atoms with van der Waals surface area (Å²) in [4.78, 5) is 23.5. The van der Waals surface area contributed by atoms with Crippen molar-refractivity contribution in [1.82, 2.24) is 24.6 Å². The van der Waals surface area contributed by atoms with E-state index in [9.17, 15) is 4.79 Å². The van der Waals surface area contributed by atoms with Crippen molar-refractivity contribution in [2.75, 3.05) is 12.3 Å². The summed E-state index contributed by atoms with van der Waals surface area (Å²) in [7, 11) is 0.